The Hall–Kier alpha value is -1.60. The Morgan fingerprint density at radius 1 is 1.47 bits per heavy atom. The number of nitrogens with zero attached hydrogens (tertiary/aromatic N) is 1. The first-order valence-corrected chi connectivity index (χ1v) is 6.70. The van der Waals surface area contributed by atoms with Crippen LogP contribution in [-0.4, -0.2) is 33.0 Å². The minimum atomic E-state index is -0.538. The van der Waals surface area contributed by atoms with Crippen molar-refractivity contribution in [3.05, 3.63) is 34.4 Å². The molecular weight excluding hydrogens is 268 g/mol. The molecule has 1 amide bonds. The summed E-state index contributed by atoms with van der Waals surface area (Å²) in [4.78, 5) is 22.2. The molecule has 1 rings (SSSR count). The molecule has 104 valence electrons. The average molecular weight is 284 g/mol. The molecule has 0 bridgehead atoms. The first-order valence-electron chi connectivity index (χ1n) is 5.76. The van der Waals surface area contributed by atoms with Crippen LogP contribution in [0.25, 0.3) is 0 Å². The van der Waals surface area contributed by atoms with Crippen LogP contribution >= 0.6 is 11.8 Å². The summed E-state index contributed by atoms with van der Waals surface area (Å²) >= 11 is 1.31. The van der Waals surface area contributed by atoms with Gasteiger partial charge in [0.15, 0.2) is 0 Å². The number of nitro benzene ring substituents is 1. The molecule has 19 heavy (non-hydrogen) atoms. The molecule has 0 aliphatic carbocycles. The molecule has 0 spiro atoms. The fourth-order valence-electron chi connectivity index (χ4n) is 1.43. The number of anilines is 1. The van der Waals surface area contributed by atoms with Crippen molar-refractivity contribution in [3.8, 4) is 0 Å². The zero-order chi connectivity index (χ0) is 14.4. The number of nitrogens with one attached hydrogen (secondary N) is 1. The molecule has 2 N–H and O–H groups in total. The summed E-state index contributed by atoms with van der Waals surface area (Å²) in [5.74, 6) is -0.320. The lowest BCUT2D eigenvalue weighted by atomic mass is 10.2. The number of para-hydroxylation sites is 2. The van der Waals surface area contributed by atoms with E-state index in [1.807, 2.05) is 0 Å². The Balaban J connectivity index is 2.74. The summed E-state index contributed by atoms with van der Waals surface area (Å²) in [6.07, 6.45) is 0. The highest BCUT2D eigenvalue weighted by Crippen LogP contribution is 2.25. The van der Waals surface area contributed by atoms with Crippen LogP contribution in [0, 0.1) is 10.1 Å². The lowest BCUT2D eigenvalue weighted by molar-refractivity contribution is -0.383. The number of hydrogen-bond donors (Lipinski definition) is 2. The predicted molar refractivity (Wildman–Crippen MR) is 75.3 cm³/mol. The van der Waals surface area contributed by atoms with Gasteiger partial charge in [-0.15, -0.1) is 11.8 Å². The van der Waals surface area contributed by atoms with Gasteiger partial charge < -0.3 is 10.4 Å². The van der Waals surface area contributed by atoms with E-state index in [0.717, 1.165) is 0 Å². The van der Waals surface area contributed by atoms with Crippen LogP contribution in [0.4, 0.5) is 11.4 Å². The third-order valence-electron chi connectivity index (χ3n) is 2.42. The van der Waals surface area contributed by atoms with Gasteiger partial charge in [0, 0.05) is 11.3 Å². The highest BCUT2D eigenvalue weighted by atomic mass is 32.2. The zero-order valence-electron chi connectivity index (χ0n) is 10.7. The Bertz CT molecular complexity index is 467. The lowest BCUT2D eigenvalue weighted by Gasteiger charge is -2.15. The zero-order valence-corrected chi connectivity index (χ0v) is 11.5. The van der Waals surface area contributed by atoms with Gasteiger partial charge in [0.2, 0.25) is 5.91 Å². The van der Waals surface area contributed by atoms with Crippen LogP contribution in [0.15, 0.2) is 24.3 Å². The minimum Gasteiger partial charge on any atom is -0.395 e. The molecule has 0 saturated carbocycles. The Morgan fingerprint density at radius 3 is 2.68 bits per heavy atom. The number of aliphatic hydroxyl groups is 1. The number of benzene rings is 1. The van der Waals surface area contributed by atoms with E-state index < -0.39 is 10.2 Å². The number of aliphatic hydroxyl groups excluding tert-OH is 1. The smallest absolute Gasteiger partial charge is 0.292 e. The van der Waals surface area contributed by atoms with Gasteiger partial charge in [-0.05, 0) is 13.0 Å². The van der Waals surface area contributed by atoms with Crippen molar-refractivity contribution in [2.24, 2.45) is 0 Å². The molecule has 0 aromatic heterocycles. The Labute approximate surface area is 115 Å². The number of hydrogen-bond acceptors (Lipinski definition) is 5. The van der Waals surface area contributed by atoms with E-state index in [2.05, 4.69) is 5.32 Å². The van der Waals surface area contributed by atoms with Crippen molar-refractivity contribution in [2.75, 3.05) is 11.9 Å². The first-order chi connectivity index (χ1) is 8.95. The summed E-state index contributed by atoms with van der Waals surface area (Å²) in [5, 5.41) is 21.8. The number of carbonyl (C=O) groups excluding carboxylic acids is 1. The van der Waals surface area contributed by atoms with Crippen molar-refractivity contribution in [3.63, 3.8) is 0 Å². The molecule has 1 aromatic rings. The van der Waals surface area contributed by atoms with E-state index in [-0.39, 0.29) is 29.1 Å². The molecule has 0 aliphatic heterocycles. The third-order valence-corrected chi connectivity index (χ3v) is 3.66. The Kier molecular flexibility index (Phi) is 5.78. The molecule has 2 atom stereocenters. The molecule has 0 unspecified atom stereocenters. The van der Waals surface area contributed by atoms with E-state index in [0.29, 0.717) is 0 Å². The van der Waals surface area contributed by atoms with E-state index >= 15 is 0 Å². The number of thioether (sulfide) groups is 1. The normalized spacial score (nSPS) is 13.6. The van der Waals surface area contributed by atoms with E-state index in [4.69, 9.17) is 5.11 Å². The summed E-state index contributed by atoms with van der Waals surface area (Å²) in [6.45, 7) is 3.48. The van der Waals surface area contributed by atoms with E-state index in [1.54, 1.807) is 26.0 Å². The van der Waals surface area contributed by atoms with E-state index in [9.17, 15) is 14.9 Å². The quantitative estimate of drug-likeness (QED) is 0.616. The second-order valence-electron chi connectivity index (χ2n) is 4.04. The van der Waals surface area contributed by atoms with Crippen molar-refractivity contribution in [1.82, 2.24) is 0 Å². The fraction of sp³-hybridized carbons (Fsp3) is 0.417. The minimum absolute atomic E-state index is 0.0201. The van der Waals surface area contributed by atoms with E-state index in [1.165, 1.54) is 23.9 Å². The third kappa shape index (κ3) is 4.53. The summed E-state index contributed by atoms with van der Waals surface area (Å²) < 4.78 is 0. The van der Waals surface area contributed by atoms with Gasteiger partial charge >= 0.3 is 0 Å². The van der Waals surface area contributed by atoms with Crippen LogP contribution in [0.3, 0.4) is 0 Å². The van der Waals surface area contributed by atoms with Gasteiger partial charge in [0.25, 0.3) is 5.69 Å². The number of nitro groups is 1. The maximum atomic E-state index is 11.9. The average Bonchev–Trinajstić information content (AvgIpc) is 2.38. The molecule has 0 heterocycles. The maximum Gasteiger partial charge on any atom is 0.292 e. The summed E-state index contributed by atoms with van der Waals surface area (Å²) in [6, 6.07) is 5.99. The van der Waals surface area contributed by atoms with Gasteiger partial charge in [-0.3, -0.25) is 14.9 Å². The van der Waals surface area contributed by atoms with Gasteiger partial charge in [0.1, 0.15) is 5.69 Å². The largest absolute Gasteiger partial charge is 0.395 e. The molecule has 6 nitrogen and oxygen atoms in total. The number of amides is 1. The van der Waals surface area contributed by atoms with Crippen LogP contribution in [0.5, 0.6) is 0 Å². The van der Waals surface area contributed by atoms with Crippen LogP contribution in [0.2, 0.25) is 0 Å². The van der Waals surface area contributed by atoms with Crippen LogP contribution in [-0.2, 0) is 4.79 Å². The highest BCUT2D eigenvalue weighted by Gasteiger charge is 2.20. The summed E-state index contributed by atoms with van der Waals surface area (Å²) in [5.41, 5.74) is 0.0462. The second-order valence-corrected chi connectivity index (χ2v) is 5.82. The monoisotopic (exact) mass is 284 g/mol. The fourth-order valence-corrected chi connectivity index (χ4v) is 2.39. The van der Waals surface area contributed by atoms with Gasteiger partial charge in [0.05, 0.1) is 16.8 Å². The van der Waals surface area contributed by atoms with Crippen molar-refractivity contribution < 1.29 is 14.8 Å². The maximum absolute atomic E-state index is 11.9. The topological polar surface area (TPSA) is 92.5 Å². The number of carbonyl (C=O) groups is 1. The molecule has 0 radical (unpaired) electrons. The van der Waals surface area contributed by atoms with Gasteiger partial charge in [-0.25, -0.2) is 0 Å². The molecule has 0 fully saturated rings. The Morgan fingerprint density at radius 2 is 2.11 bits per heavy atom. The predicted octanol–water partition coefficient (Wildman–Crippen LogP) is 2.04. The van der Waals surface area contributed by atoms with Crippen LogP contribution in [0.1, 0.15) is 13.8 Å². The van der Waals surface area contributed by atoms with Gasteiger partial charge in [-0.2, -0.15) is 0 Å². The van der Waals surface area contributed by atoms with Crippen molar-refractivity contribution in [1.29, 1.82) is 0 Å². The molecule has 0 saturated heterocycles. The molecule has 7 heteroatoms. The highest BCUT2D eigenvalue weighted by molar-refractivity contribution is 8.01. The first kappa shape index (κ1) is 15.5. The summed E-state index contributed by atoms with van der Waals surface area (Å²) in [7, 11) is 0. The van der Waals surface area contributed by atoms with Crippen molar-refractivity contribution >= 4 is 29.0 Å². The second kappa shape index (κ2) is 7.10. The molecule has 1 aromatic carbocycles. The van der Waals surface area contributed by atoms with Crippen molar-refractivity contribution in [2.45, 2.75) is 24.3 Å². The molecule has 0 aliphatic rings. The lowest BCUT2D eigenvalue weighted by Crippen LogP contribution is -2.25. The standard InChI is InChI=1S/C12H16N2O4S/c1-8(7-15)19-9(2)12(16)13-10-5-3-4-6-11(10)14(17)18/h3-6,8-9,15H,7H2,1-2H3,(H,13,16)/t8-,9-/m0/s1. The molecular formula is C12H16N2O4S. The van der Waals surface area contributed by atoms with Gasteiger partial charge in [-0.1, -0.05) is 19.1 Å². The van der Waals surface area contributed by atoms with Crippen LogP contribution < -0.4 is 5.32 Å². The SMILES string of the molecule is C[C@H](S[C@@H](C)CO)C(=O)Nc1ccccc1[N+](=O)[O-]. The number of rotatable bonds is 6.